The molecule has 0 aliphatic heterocycles. The van der Waals surface area contributed by atoms with Crippen LogP contribution in [0.3, 0.4) is 0 Å². The zero-order valence-electron chi connectivity index (χ0n) is 9.32. The molecule has 0 saturated heterocycles. The summed E-state index contributed by atoms with van der Waals surface area (Å²) in [7, 11) is 1.83. The van der Waals surface area contributed by atoms with E-state index in [-0.39, 0.29) is 12.5 Å². The van der Waals surface area contributed by atoms with Crippen LogP contribution < -0.4 is 0 Å². The Balaban J connectivity index is 2.35. The molecule has 0 atom stereocenters. The molecule has 1 aromatic heterocycles. The van der Waals surface area contributed by atoms with E-state index < -0.39 is 0 Å². The van der Waals surface area contributed by atoms with Crippen molar-refractivity contribution in [2.24, 2.45) is 0 Å². The Bertz CT molecular complexity index is 322. The fraction of sp³-hybridized carbons (Fsp3) is 0.600. The monoisotopic (exact) mass is 212 g/mol. The fourth-order valence-corrected chi connectivity index (χ4v) is 1.25. The Morgan fingerprint density at radius 1 is 1.67 bits per heavy atom. The number of ether oxygens (including phenoxy) is 1. The molecule has 1 aromatic rings. The molecule has 84 valence electrons. The maximum atomic E-state index is 11.1. The molecule has 0 fully saturated rings. The predicted molar refractivity (Wildman–Crippen MR) is 54.2 cm³/mol. The largest absolute Gasteiger partial charge is 0.465 e. The minimum absolute atomic E-state index is 0.222. The molecule has 5 nitrogen and oxygen atoms in total. The summed E-state index contributed by atoms with van der Waals surface area (Å²) in [5, 5.41) is 3.84. The molecular formula is C10H16N2O3. The molecule has 0 aliphatic carbocycles. The number of likely N-dealkylation sites (N-methyl/N-ethyl adjacent to an activating group) is 1. The first-order valence-corrected chi connectivity index (χ1v) is 4.88. The number of aryl methyl sites for hydroxylation is 1. The molecule has 0 spiro atoms. The average Bonchev–Trinajstić information content (AvgIpc) is 2.51. The molecule has 0 bridgehead atoms. The summed E-state index contributed by atoms with van der Waals surface area (Å²) in [6.45, 7) is 4.88. The summed E-state index contributed by atoms with van der Waals surface area (Å²) in [6.07, 6.45) is 0. The molecule has 0 amide bonds. The van der Waals surface area contributed by atoms with Crippen LogP contribution in [-0.4, -0.2) is 36.2 Å². The number of nitrogens with zero attached hydrogens (tertiary/aromatic N) is 2. The minimum Gasteiger partial charge on any atom is -0.465 e. The number of aromatic nitrogens is 1. The van der Waals surface area contributed by atoms with Gasteiger partial charge in [-0.3, -0.25) is 9.69 Å². The van der Waals surface area contributed by atoms with E-state index in [1.54, 1.807) is 6.92 Å². The Morgan fingerprint density at radius 3 is 2.93 bits per heavy atom. The average molecular weight is 212 g/mol. The zero-order valence-corrected chi connectivity index (χ0v) is 9.32. The number of carbonyl (C=O) groups excluding carboxylic acids is 1. The molecule has 0 unspecified atom stereocenters. The molecular weight excluding hydrogens is 196 g/mol. The van der Waals surface area contributed by atoms with E-state index in [4.69, 9.17) is 9.26 Å². The van der Waals surface area contributed by atoms with Gasteiger partial charge >= 0.3 is 5.97 Å². The second kappa shape index (κ2) is 5.50. The molecule has 0 radical (unpaired) electrons. The second-order valence-corrected chi connectivity index (χ2v) is 3.41. The van der Waals surface area contributed by atoms with Crippen molar-refractivity contribution in [3.05, 3.63) is 17.5 Å². The van der Waals surface area contributed by atoms with E-state index in [0.717, 1.165) is 11.5 Å². The topological polar surface area (TPSA) is 55.6 Å². The summed E-state index contributed by atoms with van der Waals surface area (Å²) < 4.78 is 9.76. The zero-order chi connectivity index (χ0) is 11.3. The van der Waals surface area contributed by atoms with E-state index >= 15 is 0 Å². The van der Waals surface area contributed by atoms with Gasteiger partial charge in [0.15, 0.2) is 0 Å². The first-order chi connectivity index (χ1) is 7.11. The van der Waals surface area contributed by atoms with Crippen molar-refractivity contribution in [1.29, 1.82) is 0 Å². The van der Waals surface area contributed by atoms with Gasteiger partial charge in [0, 0.05) is 12.6 Å². The lowest BCUT2D eigenvalue weighted by atomic mass is 10.3. The molecule has 0 saturated carbocycles. The molecule has 15 heavy (non-hydrogen) atoms. The van der Waals surface area contributed by atoms with Crippen LogP contribution in [0, 0.1) is 6.92 Å². The van der Waals surface area contributed by atoms with Crippen LogP contribution in [0.5, 0.6) is 0 Å². The molecule has 0 N–H and O–H groups in total. The Hall–Kier alpha value is -1.36. The van der Waals surface area contributed by atoms with Crippen LogP contribution in [-0.2, 0) is 16.1 Å². The van der Waals surface area contributed by atoms with Crippen molar-refractivity contribution in [2.45, 2.75) is 20.4 Å². The van der Waals surface area contributed by atoms with Crippen LogP contribution in [0.2, 0.25) is 0 Å². The summed E-state index contributed by atoms with van der Waals surface area (Å²) in [5.74, 6) is 0.551. The Morgan fingerprint density at radius 2 is 2.40 bits per heavy atom. The van der Waals surface area contributed by atoms with Gasteiger partial charge < -0.3 is 9.26 Å². The number of carbonyl (C=O) groups is 1. The molecule has 1 heterocycles. The Labute approximate surface area is 89.0 Å². The van der Waals surface area contributed by atoms with Crippen molar-refractivity contribution in [3.63, 3.8) is 0 Å². The summed E-state index contributed by atoms with van der Waals surface area (Å²) in [6, 6.07) is 1.85. The van der Waals surface area contributed by atoms with Crippen LogP contribution in [0.15, 0.2) is 10.6 Å². The van der Waals surface area contributed by atoms with Gasteiger partial charge in [-0.2, -0.15) is 0 Å². The lowest BCUT2D eigenvalue weighted by molar-refractivity contribution is -0.144. The number of esters is 1. The first kappa shape index (κ1) is 11.7. The minimum atomic E-state index is -0.222. The third-order valence-corrected chi connectivity index (χ3v) is 1.81. The van der Waals surface area contributed by atoms with E-state index in [9.17, 15) is 4.79 Å². The van der Waals surface area contributed by atoms with E-state index in [2.05, 4.69) is 5.16 Å². The third-order valence-electron chi connectivity index (χ3n) is 1.81. The van der Waals surface area contributed by atoms with Gasteiger partial charge in [-0.25, -0.2) is 0 Å². The lowest BCUT2D eigenvalue weighted by Crippen LogP contribution is -2.27. The highest BCUT2D eigenvalue weighted by molar-refractivity contribution is 5.71. The highest BCUT2D eigenvalue weighted by atomic mass is 16.5. The quantitative estimate of drug-likeness (QED) is 0.681. The summed E-state index contributed by atoms with van der Waals surface area (Å²) >= 11 is 0. The lowest BCUT2D eigenvalue weighted by Gasteiger charge is -2.13. The highest BCUT2D eigenvalue weighted by Gasteiger charge is 2.09. The Kier molecular flexibility index (Phi) is 4.30. The molecule has 0 aromatic carbocycles. The number of rotatable bonds is 5. The first-order valence-electron chi connectivity index (χ1n) is 4.88. The maximum Gasteiger partial charge on any atom is 0.320 e. The molecule has 1 rings (SSSR count). The third kappa shape index (κ3) is 4.12. The highest BCUT2D eigenvalue weighted by Crippen LogP contribution is 2.04. The maximum absolute atomic E-state index is 11.1. The van der Waals surface area contributed by atoms with Gasteiger partial charge in [-0.1, -0.05) is 5.16 Å². The van der Waals surface area contributed by atoms with Gasteiger partial charge in [-0.15, -0.1) is 0 Å². The standard InChI is InChI=1S/C10H16N2O3/c1-4-14-10(13)7-12(3)6-9-5-8(2)15-11-9/h5H,4,6-7H2,1-3H3. The molecule has 5 heteroatoms. The van der Waals surface area contributed by atoms with Gasteiger partial charge in [0.2, 0.25) is 0 Å². The van der Waals surface area contributed by atoms with Crippen molar-refractivity contribution in [1.82, 2.24) is 10.1 Å². The van der Waals surface area contributed by atoms with Crippen LogP contribution in [0.1, 0.15) is 18.4 Å². The van der Waals surface area contributed by atoms with Gasteiger partial charge in [0.05, 0.1) is 18.8 Å². The van der Waals surface area contributed by atoms with E-state index in [0.29, 0.717) is 13.2 Å². The van der Waals surface area contributed by atoms with Gasteiger partial charge in [0.25, 0.3) is 0 Å². The normalized spacial score (nSPS) is 10.7. The SMILES string of the molecule is CCOC(=O)CN(C)Cc1cc(C)on1. The van der Waals surface area contributed by atoms with Crippen molar-refractivity contribution >= 4 is 5.97 Å². The van der Waals surface area contributed by atoms with Gasteiger partial charge in [0.1, 0.15) is 5.76 Å². The number of hydrogen-bond donors (Lipinski definition) is 0. The van der Waals surface area contributed by atoms with Crippen molar-refractivity contribution < 1.29 is 14.1 Å². The number of hydrogen-bond acceptors (Lipinski definition) is 5. The van der Waals surface area contributed by atoms with Crippen molar-refractivity contribution in [3.8, 4) is 0 Å². The summed E-state index contributed by atoms with van der Waals surface area (Å²) in [4.78, 5) is 13.0. The van der Waals surface area contributed by atoms with Crippen molar-refractivity contribution in [2.75, 3.05) is 20.2 Å². The van der Waals surface area contributed by atoms with Crippen LogP contribution >= 0.6 is 0 Å². The predicted octanol–water partition coefficient (Wildman–Crippen LogP) is 0.978. The summed E-state index contributed by atoms with van der Waals surface area (Å²) in [5.41, 5.74) is 0.819. The van der Waals surface area contributed by atoms with E-state index in [1.165, 1.54) is 0 Å². The molecule has 0 aliphatic rings. The van der Waals surface area contributed by atoms with Gasteiger partial charge in [-0.05, 0) is 20.9 Å². The fourth-order valence-electron chi connectivity index (χ4n) is 1.25. The van der Waals surface area contributed by atoms with Crippen LogP contribution in [0.4, 0.5) is 0 Å². The second-order valence-electron chi connectivity index (χ2n) is 3.41. The smallest absolute Gasteiger partial charge is 0.320 e. The van der Waals surface area contributed by atoms with Crippen LogP contribution in [0.25, 0.3) is 0 Å². The van der Waals surface area contributed by atoms with E-state index in [1.807, 2.05) is 24.9 Å².